The molecule has 1 aliphatic heterocycles. The van der Waals surface area contributed by atoms with E-state index >= 15 is 0 Å². The van der Waals surface area contributed by atoms with Gasteiger partial charge in [-0.1, -0.05) is 19.1 Å². The number of rotatable bonds is 4. The molecule has 0 radical (unpaired) electrons. The van der Waals surface area contributed by atoms with Crippen molar-refractivity contribution >= 4 is 34.3 Å². The summed E-state index contributed by atoms with van der Waals surface area (Å²) in [6, 6.07) is 10.7. The molecule has 5 rings (SSSR count). The molecule has 7 heteroatoms. The normalized spacial score (nSPS) is 20.0. The molecule has 6 nitrogen and oxygen atoms in total. The van der Waals surface area contributed by atoms with Crippen molar-refractivity contribution in [2.24, 2.45) is 5.92 Å². The minimum absolute atomic E-state index is 0.0467. The second-order valence-electron chi connectivity index (χ2n) is 7.95. The molecule has 2 unspecified atom stereocenters. The zero-order valence-electron chi connectivity index (χ0n) is 17.0. The van der Waals surface area contributed by atoms with Gasteiger partial charge in [-0.05, 0) is 66.6 Å². The summed E-state index contributed by atoms with van der Waals surface area (Å²) in [6.07, 6.45) is 7.13. The third-order valence-corrected chi connectivity index (χ3v) is 6.81. The fraction of sp³-hybridized carbons (Fsp3) is 0.250. The van der Waals surface area contributed by atoms with Crippen molar-refractivity contribution in [3.8, 4) is 5.75 Å². The van der Waals surface area contributed by atoms with Crippen LogP contribution < -0.4 is 15.4 Å². The average Bonchev–Trinajstić information content (AvgIpc) is 3.39. The predicted octanol–water partition coefficient (Wildman–Crippen LogP) is 4.94. The summed E-state index contributed by atoms with van der Waals surface area (Å²) in [4.78, 5) is 26.3. The number of furan rings is 1. The van der Waals surface area contributed by atoms with Crippen LogP contribution in [0, 0.1) is 5.92 Å². The standard InChI is InChI=1S/C24H22N2O4S/c1-14-7-9-18-19(12-14)31-24-21(18)23(28)25-22(26-24)15-4-2-5-17(13-15)30-20(27)10-8-16-6-3-11-29-16/h2-6,8,10-11,13-14,22,26H,7,9,12H2,1H3,(H,25,28)/b10-8+. The molecule has 31 heavy (non-hydrogen) atoms. The minimum atomic E-state index is -0.503. The van der Waals surface area contributed by atoms with E-state index in [-0.39, 0.29) is 12.1 Å². The SMILES string of the molecule is CC1CCc2c(sc3c2C(=O)NC(c2cccc(OC(=O)/C=C/c4ccco4)c2)N3)C1. The topological polar surface area (TPSA) is 80.6 Å². The van der Waals surface area contributed by atoms with E-state index in [2.05, 4.69) is 17.6 Å². The molecular weight excluding hydrogens is 412 g/mol. The van der Waals surface area contributed by atoms with Gasteiger partial charge in [0.15, 0.2) is 0 Å². The molecule has 3 aromatic rings. The quantitative estimate of drug-likeness (QED) is 0.345. The molecule has 158 valence electrons. The van der Waals surface area contributed by atoms with E-state index in [1.165, 1.54) is 22.8 Å². The van der Waals surface area contributed by atoms with Crippen molar-refractivity contribution in [2.45, 2.75) is 32.4 Å². The van der Waals surface area contributed by atoms with Gasteiger partial charge in [0.1, 0.15) is 22.7 Å². The molecule has 3 heterocycles. The summed E-state index contributed by atoms with van der Waals surface area (Å²) in [5, 5.41) is 7.44. The number of hydrogen-bond acceptors (Lipinski definition) is 6. The maximum absolute atomic E-state index is 12.9. The van der Waals surface area contributed by atoms with Crippen LogP contribution in [-0.4, -0.2) is 11.9 Å². The number of carbonyl (C=O) groups excluding carboxylic acids is 2. The van der Waals surface area contributed by atoms with Crippen LogP contribution in [0.1, 0.15) is 51.6 Å². The lowest BCUT2D eigenvalue weighted by atomic mass is 9.88. The van der Waals surface area contributed by atoms with Crippen LogP contribution in [0.2, 0.25) is 0 Å². The molecule has 2 aliphatic rings. The molecule has 1 aliphatic carbocycles. The van der Waals surface area contributed by atoms with Crippen molar-refractivity contribution in [1.29, 1.82) is 0 Å². The van der Waals surface area contributed by atoms with Crippen LogP contribution in [0.4, 0.5) is 5.00 Å². The monoisotopic (exact) mass is 434 g/mol. The van der Waals surface area contributed by atoms with Gasteiger partial charge in [0, 0.05) is 11.0 Å². The lowest BCUT2D eigenvalue weighted by Gasteiger charge is -2.27. The number of amides is 1. The van der Waals surface area contributed by atoms with Crippen LogP contribution in [0.3, 0.4) is 0 Å². The first kappa shape index (κ1) is 19.6. The number of hydrogen-bond donors (Lipinski definition) is 2. The number of nitrogens with one attached hydrogen (secondary N) is 2. The average molecular weight is 435 g/mol. The van der Waals surface area contributed by atoms with Gasteiger partial charge >= 0.3 is 5.97 Å². The van der Waals surface area contributed by atoms with Crippen LogP contribution >= 0.6 is 11.3 Å². The Morgan fingerprint density at radius 3 is 3.00 bits per heavy atom. The van der Waals surface area contributed by atoms with Gasteiger partial charge in [-0.2, -0.15) is 0 Å². The Balaban J connectivity index is 1.32. The molecule has 2 N–H and O–H groups in total. The number of thiophene rings is 1. The highest BCUT2D eigenvalue weighted by Gasteiger charge is 2.33. The van der Waals surface area contributed by atoms with Gasteiger partial charge < -0.3 is 19.8 Å². The van der Waals surface area contributed by atoms with E-state index in [1.54, 1.807) is 47.7 Å². The number of benzene rings is 1. The zero-order valence-corrected chi connectivity index (χ0v) is 17.8. The van der Waals surface area contributed by atoms with Gasteiger partial charge in [-0.3, -0.25) is 4.79 Å². The Kier molecular flexibility index (Phi) is 5.11. The molecule has 0 saturated heterocycles. The molecule has 1 aromatic carbocycles. The molecule has 2 aromatic heterocycles. The lowest BCUT2D eigenvalue weighted by molar-refractivity contribution is -0.128. The summed E-state index contributed by atoms with van der Waals surface area (Å²) in [7, 11) is 0. The van der Waals surface area contributed by atoms with E-state index in [0.29, 0.717) is 17.4 Å². The first-order chi connectivity index (χ1) is 15.1. The second kappa shape index (κ2) is 8.07. The molecule has 1 amide bonds. The van der Waals surface area contributed by atoms with Crippen LogP contribution in [-0.2, 0) is 17.6 Å². The first-order valence-corrected chi connectivity index (χ1v) is 11.1. The van der Waals surface area contributed by atoms with Gasteiger partial charge in [-0.15, -0.1) is 11.3 Å². The van der Waals surface area contributed by atoms with Gasteiger partial charge in [0.05, 0.1) is 11.8 Å². The van der Waals surface area contributed by atoms with Crippen LogP contribution in [0.25, 0.3) is 6.08 Å². The Bertz CT molecular complexity index is 1160. The van der Waals surface area contributed by atoms with E-state index in [4.69, 9.17) is 9.15 Å². The summed E-state index contributed by atoms with van der Waals surface area (Å²) >= 11 is 1.69. The third kappa shape index (κ3) is 4.01. The fourth-order valence-corrected chi connectivity index (χ4v) is 5.51. The fourth-order valence-electron chi connectivity index (χ4n) is 4.07. The van der Waals surface area contributed by atoms with Crippen molar-refractivity contribution in [3.63, 3.8) is 0 Å². The predicted molar refractivity (Wildman–Crippen MR) is 119 cm³/mol. The molecule has 0 spiro atoms. The summed E-state index contributed by atoms with van der Waals surface area (Å²) < 4.78 is 10.6. The second-order valence-corrected chi connectivity index (χ2v) is 9.05. The van der Waals surface area contributed by atoms with Crippen LogP contribution in [0.5, 0.6) is 5.75 Å². The third-order valence-electron chi connectivity index (χ3n) is 5.63. The van der Waals surface area contributed by atoms with E-state index in [0.717, 1.165) is 35.4 Å². The van der Waals surface area contributed by atoms with Crippen molar-refractivity contribution in [1.82, 2.24) is 5.32 Å². The number of anilines is 1. The van der Waals surface area contributed by atoms with E-state index in [9.17, 15) is 9.59 Å². The smallest absolute Gasteiger partial charge is 0.336 e. The Morgan fingerprint density at radius 1 is 1.26 bits per heavy atom. The molecular formula is C24H22N2O4S. The van der Waals surface area contributed by atoms with Crippen LogP contribution in [0.15, 0.2) is 53.2 Å². The highest BCUT2D eigenvalue weighted by atomic mass is 32.1. The van der Waals surface area contributed by atoms with Gasteiger partial charge in [0.2, 0.25) is 0 Å². The maximum Gasteiger partial charge on any atom is 0.336 e. The Morgan fingerprint density at radius 2 is 2.16 bits per heavy atom. The van der Waals surface area contributed by atoms with Crippen molar-refractivity contribution in [2.75, 3.05) is 5.32 Å². The zero-order chi connectivity index (χ0) is 21.4. The van der Waals surface area contributed by atoms with Crippen molar-refractivity contribution in [3.05, 3.63) is 76.1 Å². The minimum Gasteiger partial charge on any atom is -0.465 e. The molecule has 0 bridgehead atoms. The Labute approximate surface area is 183 Å². The van der Waals surface area contributed by atoms with Crippen molar-refractivity contribution < 1.29 is 18.7 Å². The number of carbonyl (C=O) groups is 2. The summed E-state index contributed by atoms with van der Waals surface area (Å²) in [6.45, 7) is 2.26. The molecule has 0 fully saturated rings. The summed E-state index contributed by atoms with van der Waals surface area (Å²) in [5.41, 5.74) is 2.82. The van der Waals surface area contributed by atoms with Gasteiger partial charge in [0.25, 0.3) is 5.91 Å². The Hall–Kier alpha value is -3.32. The van der Waals surface area contributed by atoms with E-state index < -0.39 is 5.97 Å². The molecule has 0 saturated carbocycles. The number of ether oxygens (including phenoxy) is 1. The molecule has 2 atom stereocenters. The first-order valence-electron chi connectivity index (χ1n) is 10.3. The maximum atomic E-state index is 12.9. The lowest BCUT2D eigenvalue weighted by Crippen LogP contribution is -2.38. The largest absolute Gasteiger partial charge is 0.465 e. The number of esters is 1. The highest BCUT2D eigenvalue weighted by molar-refractivity contribution is 7.16. The highest BCUT2D eigenvalue weighted by Crippen LogP contribution is 2.42. The number of fused-ring (bicyclic) bond motifs is 3. The van der Waals surface area contributed by atoms with Gasteiger partial charge in [-0.25, -0.2) is 4.79 Å². The summed E-state index contributed by atoms with van der Waals surface area (Å²) in [5.74, 6) is 1.09. The van der Waals surface area contributed by atoms with E-state index in [1.807, 2.05) is 6.07 Å².